The minimum atomic E-state index is -1.27. The molecule has 0 spiro atoms. The summed E-state index contributed by atoms with van der Waals surface area (Å²) in [6.45, 7) is 5.08. The van der Waals surface area contributed by atoms with Gasteiger partial charge in [0.2, 0.25) is 5.90 Å². The van der Waals surface area contributed by atoms with Crippen molar-refractivity contribution in [3.05, 3.63) is 111 Å². The highest BCUT2D eigenvalue weighted by molar-refractivity contribution is 6.00. The number of ether oxygens (including phenoxy) is 2. The van der Waals surface area contributed by atoms with E-state index in [0.717, 1.165) is 23.1 Å². The van der Waals surface area contributed by atoms with E-state index in [1.165, 1.54) is 11.1 Å². The highest BCUT2D eigenvalue weighted by Gasteiger charge is 2.50. The summed E-state index contributed by atoms with van der Waals surface area (Å²) < 4.78 is 11.8. The number of azide groups is 1. The predicted octanol–water partition coefficient (Wildman–Crippen LogP) is 4.58. The van der Waals surface area contributed by atoms with E-state index in [-0.39, 0.29) is 25.5 Å². The van der Waals surface area contributed by atoms with Gasteiger partial charge in [-0.2, -0.15) is 0 Å². The Balaban J connectivity index is 1.56. The zero-order valence-electron chi connectivity index (χ0n) is 23.4. The molecule has 0 radical (unpaired) electrons. The van der Waals surface area contributed by atoms with E-state index in [9.17, 15) is 4.79 Å². The summed E-state index contributed by atoms with van der Waals surface area (Å²) in [6, 6.07) is 23.1. The molecule has 0 fully saturated rings. The minimum absolute atomic E-state index is 0.0670. The highest BCUT2D eigenvalue weighted by atomic mass is 16.5. The first-order valence-electron chi connectivity index (χ1n) is 13.7. The maximum absolute atomic E-state index is 13.9. The first-order chi connectivity index (χ1) is 19.9. The van der Waals surface area contributed by atoms with Crippen LogP contribution in [0.5, 0.6) is 5.75 Å². The molecule has 0 bridgehead atoms. The molecule has 10 nitrogen and oxygen atoms in total. The first kappa shape index (κ1) is 29.6. The largest absolute Gasteiger partial charge is 0.494 e. The number of aryl methyl sites for hydroxylation is 1. The second-order valence-electron chi connectivity index (χ2n) is 10.0. The molecule has 2 atom stereocenters. The molecule has 3 N–H and O–H groups in total. The summed E-state index contributed by atoms with van der Waals surface area (Å²) in [5, 5.41) is 12.7. The van der Waals surface area contributed by atoms with E-state index >= 15 is 0 Å². The van der Waals surface area contributed by atoms with Gasteiger partial charge in [0, 0.05) is 36.5 Å². The molecule has 214 valence electrons. The van der Waals surface area contributed by atoms with Crippen molar-refractivity contribution in [1.29, 1.82) is 0 Å². The standard InChI is InChI=1S/C31H36N6O4/c1-22-8-10-24(11-9-22)16-17-33-36-30(39)31(20-26-6-3-4-7-27(26)21-34-37-32)23(2)41-29(35-31)25-12-14-28(15-13-25)40-19-5-18-38/h3-4,6-15,23,33,38H,5,16-21H2,1-2H3,(H,36,39)/t23-,31-/m0/s1. The van der Waals surface area contributed by atoms with Crippen molar-refractivity contribution in [3.8, 4) is 5.75 Å². The van der Waals surface area contributed by atoms with Crippen molar-refractivity contribution in [1.82, 2.24) is 10.9 Å². The molecule has 0 aromatic heterocycles. The Labute approximate surface area is 240 Å². The Bertz CT molecular complexity index is 1390. The van der Waals surface area contributed by atoms with Crippen molar-refractivity contribution >= 4 is 11.8 Å². The Morgan fingerprint density at radius 2 is 1.85 bits per heavy atom. The number of nitrogens with one attached hydrogen (secondary N) is 2. The van der Waals surface area contributed by atoms with Gasteiger partial charge in [-0.25, -0.2) is 10.4 Å². The quantitative estimate of drug-likeness (QED) is 0.0877. The van der Waals surface area contributed by atoms with Crippen LogP contribution in [-0.4, -0.2) is 48.3 Å². The van der Waals surface area contributed by atoms with Gasteiger partial charge in [0.15, 0.2) is 5.54 Å². The summed E-state index contributed by atoms with van der Waals surface area (Å²) in [6.07, 6.45) is 0.968. The predicted molar refractivity (Wildman–Crippen MR) is 157 cm³/mol. The van der Waals surface area contributed by atoms with Crippen LogP contribution < -0.4 is 15.6 Å². The van der Waals surface area contributed by atoms with Crippen LogP contribution in [0.4, 0.5) is 0 Å². The lowest BCUT2D eigenvalue weighted by molar-refractivity contribution is -0.129. The molecule has 0 aliphatic carbocycles. The summed E-state index contributed by atoms with van der Waals surface area (Å²) in [4.78, 5) is 21.7. The second-order valence-corrected chi connectivity index (χ2v) is 10.0. The fourth-order valence-corrected chi connectivity index (χ4v) is 4.64. The van der Waals surface area contributed by atoms with Crippen LogP contribution in [0.25, 0.3) is 10.4 Å². The van der Waals surface area contributed by atoms with E-state index in [0.29, 0.717) is 31.2 Å². The molecule has 1 aliphatic rings. The lowest BCUT2D eigenvalue weighted by Gasteiger charge is -2.29. The van der Waals surface area contributed by atoms with Crippen molar-refractivity contribution < 1.29 is 19.4 Å². The van der Waals surface area contributed by atoms with Crippen LogP contribution in [0, 0.1) is 6.92 Å². The van der Waals surface area contributed by atoms with Gasteiger partial charge < -0.3 is 14.6 Å². The number of aliphatic hydroxyl groups excluding tert-OH is 1. The topological polar surface area (TPSA) is 141 Å². The zero-order valence-corrected chi connectivity index (χ0v) is 23.4. The number of benzene rings is 3. The second kappa shape index (κ2) is 14.3. The van der Waals surface area contributed by atoms with E-state index in [4.69, 9.17) is 25.1 Å². The average Bonchev–Trinajstić information content (AvgIpc) is 3.32. The molecule has 0 saturated carbocycles. The van der Waals surface area contributed by atoms with Gasteiger partial charge in [-0.3, -0.25) is 10.2 Å². The molecular weight excluding hydrogens is 520 g/mol. The van der Waals surface area contributed by atoms with E-state index in [1.54, 1.807) is 0 Å². The highest BCUT2D eigenvalue weighted by Crippen LogP contribution is 2.33. The van der Waals surface area contributed by atoms with Gasteiger partial charge in [-0.05, 0) is 66.8 Å². The molecule has 0 unspecified atom stereocenters. The summed E-state index contributed by atoms with van der Waals surface area (Å²) >= 11 is 0. The normalized spacial score (nSPS) is 17.7. The van der Waals surface area contributed by atoms with Gasteiger partial charge in [0.05, 0.1) is 13.2 Å². The van der Waals surface area contributed by atoms with Crippen molar-refractivity contribution in [3.63, 3.8) is 0 Å². The van der Waals surface area contributed by atoms with Crippen LogP contribution in [0.15, 0.2) is 82.9 Å². The SMILES string of the molecule is Cc1ccc(CCNNC(=O)[C@@]2(Cc3ccccc3CN=[N+]=[N-])N=C(c3ccc(OCCCO)cc3)O[C@H]2C)cc1. The molecule has 10 heteroatoms. The lowest BCUT2D eigenvalue weighted by Crippen LogP contribution is -2.56. The average molecular weight is 557 g/mol. The monoisotopic (exact) mass is 556 g/mol. The third kappa shape index (κ3) is 7.64. The minimum Gasteiger partial charge on any atom is -0.494 e. The van der Waals surface area contributed by atoms with Gasteiger partial charge in [0.1, 0.15) is 11.9 Å². The van der Waals surface area contributed by atoms with Crippen molar-refractivity contribution in [2.75, 3.05) is 19.8 Å². The Morgan fingerprint density at radius 1 is 1.12 bits per heavy atom. The summed E-state index contributed by atoms with van der Waals surface area (Å²) in [5.74, 6) is 0.718. The molecule has 0 saturated heterocycles. The zero-order chi connectivity index (χ0) is 29.1. The van der Waals surface area contributed by atoms with E-state index in [1.807, 2.05) is 62.4 Å². The number of carbonyl (C=O) groups is 1. The summed E-state index contributed by atoms with van der Waals surface area (Å²) in [7, 11) is 0. The molecule has 1 heterocycles. The number of hydrogen-bond acceptors (Lipinski definition) is 7. The van der Waals surface area contributed by atoms with Crippen LogP contribution >= 0.6 is 0 Å². The molecule has 3 aromatic carbocycles. The fourth-order valence-electron chi connectivity index (χ4n) is 4.64. The van der Waals surface area contributed by atoms with Gasteiger partial charge >= 0.3 is 0 Å². The maximum Gasteiger partial charge on any atom is 0.266 e. The molecule has 41 heavy (non-hydrogen) atoms. The molecule has 3 aromatic rings. The van der Waals surface area contributed by atoms with Crippen LogP contribution in [0.2, 0.25) is 0 Å². The number of hydrazine groups is 1. The van der Waals surface area contributed by atoms with E-state index in [2.05, 4.69) is 45.1 Å². The molecular formula is C31H36N6O4. The Hall–Kier alpha value is -4.37. The first-order valence-corrected chi connectivity index (χ1v) is 13.7. The third-order valence-corrected chi connectivity index (χ3v) is 7.07. The number of aliphatic imine (C=N–C) groups is 1. The van der Waals surface area contributed by atoms with Crippen LogP contribution in [0.3, 0.4) is 0 Å². The van der Waals surface area contributed by atoms with E-state index < -0.39 is 11.6 Å². The number of nitrogens with zero attached hydrogens (tertiary/aromatic N) is 4. The van der Waals surface area contributed by atoms with Gasteiger partial charge in [-0.1, -0.05) is 59.2 Å². The number of rotatable bonds is 14. The number of carbonyl (C=O) groups excluding carboxylic acids is 1. The third-order valence-electron chi connectivity index (χ3n) is 7.07. The number of hydrogen-bond donors (Lipinski definition) is 3. The molecule has 1 aliphatic heterocycles. The van der Waals surface area contributed by atoms with Crippen molar-refractivity contribution in [2.24, 2.45) is 10.1 Å². The van der Waals surface area contributed by atoms with Gasteiger partial charge in [0.25, 0.3) is 5.91 Å². The van der Waals surface area contributed by atoms with Crippen LogP contribution in [0.1, 0.15) is 41.2 Å². The van der Waals surface area contributed by atoms with Crippen molar-refractivity contribution in [2.45, 2.75) is 51.3 Å². The van der Waals surface area contributed by atoms with Gasteiger partial charge in [-0.15, -0.1) is 0 Å². The Kier molecular flexibility index (Phi) is 10.3. The summed E-state index contributed by atoms with van der Waals surface area (Å²) in [5.41, 5.74) is 18.3. The smallest absolute Gasteiger partial charge is 0.266 e. The Morgan fingerprint density at radius 3 is 2.56 bits per heavy atom. The maximum atomic E-state index is 13.9. The fraction of sp³-hybridized carbons (Fsp3) is 0.355. The molecule has 1 amide bonds. The number of aliphatic hydroxyl groups is 1. The molecule has 4 rings (SSSR count). The number of amides is 1. The lowest BCUT2D eigenvalue weighted by atomic mass is 9.84. The van der Waals surface area contributed by atoms with Crippen LogP contribution in [-0.2, 0) is 28.9 Å².